The second-order valence-electron chi connectivity index (χ2n) is 5.37. The van der Waals surface area contributed by atoms with Gasteiger partial charge in [0.1, 0.15) is 0 Å². The van der Waals surface area contributed by atoms with Gasteiger partial charge in [0.25, 0.3) is 5.69 Å². The maximum Gasteiger partial charge on any atom is 0.280 e. The summed E-state index contributed by atoms with van der Waals surface area (Å²) in [4.78, 5) is 24.3. The van der Waals surface area contributed by atoms with Crippen LogP contribution in [0.3, 0.4) is 0 Å². The lowest BCUT2D eigenvalue weighted by Crippen LogP contribution is -2.29. The molecule has 6 nitrogen and oxygen atoms in total. The second kappa shape index (κ2) is 6.67. The van der Waals surface area contributed by atoms with Gasteiger partial charge in [-0.05, 0) is 44.7 Å². The lowest BCUT2D eigenvalue weighted by molar-refractivity contribution is -0.385. The first-order chi connectivity index (χ1) is 10.0. The molecule has 0 radical (unpaired) electrons. The Hall–Kier alpha value is -1.95. The van der Waals surface area contributed by atoms with Gasteiger partial charge >= 0.3 is 0 Å². The molecule has 21 heavy (non-hydrogen) atoms. The minimum absolute atomic E-state index is 0.141. The number of nitrogens with zero attached hydrogens (tertiary/aromatic N) is 2. The fourth-order valence-corrected chi connectivity index (χ4v) is 2.95. The normalized spacial score (nSPS) is 18.0. The van der Waals surface area contributed by atoms with Crippen LogP contribution in [0.4, 0.5) is 11.4 Å². The zero-order valence-corrected chi connectivity index (χ0v) is 12.1. The van der Waals surface area contributed by atoms with Crippen LogP contribution in [0.1, 0.15) is 43.0 Å². The summed E-state index contributed by atoms with van der Waals surface area (Å²) in [6, 6.07) is 5.07. The minimum Gasteiger partial charge on any atom is -0.396 e. The van der Waals surface area contributed by atoms with E-state index in [1.165, 1.54) is 13.0 Å². The number of rotatable bonds is 6. The number of Topliss-reactive ketones (excluding diaryl/α,β-unsaturated/α-hetero) is 1. The Morgan fingerprint density at radius 3 is 2.90 bits per heavy atom. The number of anilines is 1. The Labute approximate surface area is 123 Å². The summed E-state index contributed by atoms with van der Waals surface area (Å²) in [5.74, 6) is -0.297. The van der Waals surface area contributed by atoms with Crippen molar-refractivity contribution in [1.82, 2.24) is 0 Å². The Bertz CT molecular complexity index is 544. The summed E-state index contributed by atoms with van der Waals surface area (Å²) >= 11 is 0. The number of carbonyl (C=O) groups excluding carboxylic acids is 1. The molecule has 0 bridgehead atoms. The predicted molar refractivity (Wildman–Crippen MR) is 79.8 cm³/mol. The van der Waals surface area contributed by atoms with Gasteiger partial charge < -0.3 is 10.0 Å². The van der Waals surface area contributed by atoms with Crippen LogP contribution in [0.2, 0.25) is 0 Å². The van der Waals surface area contributed by atoms with E-state index < -0.39 is 4.92 Å². The maximum atomic E-state index is 11.6. The Morgan fingerprint density at radius 1 is 1.52 bits per heavy atom. The molecule has 1 aromatic carbocycles. The molecule has 0 spiro atoms. The van der Waals surface area contributed by atoms with E-state index in [4.69, 9.17) is 5.11 Å². The van der Waals surface area contributed by atoms with E-state index >= 15 is 0 Å². The molecule has 1 heterocycles. The first-order valence-electron chi connectivity index (χ1n) is 7.21. The molecule has 0 amide bonds. The minimum atomic E-state index is -0.520. The summed E-state index contributed by atoms with van der Waals surface area (Å²) in [5.41, 5.74) is 0.869. The highest BCUT2D eigenvalue weighted by atomic mass is 16.6. The number of nitro benzene ring substituents is 1. The van der Waals surface area contributed by atoms with Crippen LogP contribution in [-0.4, -0.2) is 35.0 Å². The summed E-state index contributed by atoms with van der Waals surface area (Å²) < 4.78 is 0. The number of benzene rings is 1. The van der Waals surface area contributed by atoms with Crippen molar-refractivity contribution in [2.24, 2.45) is 0 Å². The Kier molecular flexibility index (Phi) is 4.90. The van der Waals surface area contributed by atoms with Gasteiger partial charge in [0.05, 0.1) is 10.5 Å². The molecular formula is C15H20N2O4. The molecule has 1 saturated heterocycles. The molecule has 1 atom stereocenters. The van der Waals surface area contributed by atoms with Crippen molar-refractivity contribution in [3.05, 3.63) is 33.9 Å². The summed E-state index contributed by atoms with van der Waals surface area (Å²) in [6.45, 7) is 2.40. The summed E-state index contributed by atoms with van der Waals surface area (Å²) in [5, 5.41) is 19.9. The van der Waals surface area contributed by atoms with Gasteiger partial charge in [-0.1, -0.05) is 0 Å². The smallest absolute Gasteiger partial charge is 0.280 e. The van der Waals surface area contributed by atoms with Crippen LogP contribution in [0.5, 0.6) is 0 Å². The zero-order valence-electron chi connectivity index (χ0n) is 12.1. The van der Waals surface area contributed by atoms with E-state index in [1.807, 2.05) is 0 Å². The van der Waals surface area contributed by atoms with E-state index in [9.17, 15) is 14.9 Å². The van der Waals surface area contributed by atoms with Gasteiger partial charge in [-0.15, -0.1) is 0 Å². The molecule has 1 aliphatic heterocycles. The first kappa shape index (κ1) is 15.4. The Balaban J connectivity index is 2.29. The molecule has 1 aliphatic rings. The average molecular weight is 292 g/mol. The third kappa shape index (κ3) is 3.39. The van der Waals surface area contributed by atoms with Crippen LogP contribution < -0.4 is 4.90 Å². The predicted octanol–water partition coefficient (Wildman–Crippen LogP) is 2.54. The highest BCUT2D eigenvalue weighted by Crippen LogP contribution is 2.31. The molecule has 0 aromatic heterocycles. The molecule has 1 unspecified atom stereocenters. The van der Waals surface area contributed by atoms with Crippen LogP contribution in [0.15, 0.2) is 18.2 Å². The number of hydrogen-bond acceptors (Lipinski definition) is 5. The maximum absolute atomic E-state index is 11.6. The van der Waals surface area contributed by atoms with Crippen molar-refractivity contribution < 1.29 is 14.8 Å². The van der Waals surface area contributed by atoms with Gasteiger partial charge in [0.2, 0.25) is 0 Å². The number of ketones is 1. The lowest BCUT2D eigenvalue weighted by Gasteiger charge is -2.27. The van der Waals surface area contributed by atoms with Gasteiger partial charge in [-0.3, -0.25) is 14.9 Å². The SMILES string of the molecule is CC(=O)c1cc(N2CCCC2CCCO)ccc1[N+](=O)[O-]. The summed E-state index contributed by atoms with van der Waals surface area (Å²) in [7, 11) is 0. The first-order valence-corrected chi connectivity index (χ1v) is 7.21. The molecule has 0 saturated carbocycles. The van der Waals surface area contributed by atoms with Crippen molar-refractivity contribution in [3.8, 4) is 0 Å². The number of aliphatic hydroxyl groups excluding tert-OH is 1. The molecule has 0 aliphatic carbocycles. The molecule has 2 rings (SSSR count). The van der Waals surface area contributed by atoms with Crippen molar-refractivity contribution in [1.29, 1.82) is 0 Å². The molecule has 1 aromatic rings. The number of nitro groups is 1. The average Bonchev–Trinajstić information content (AvgIpc) is 2.92. The third-order valence-electron chi connectivity index (χ3n) is 3.96. The van der Waals surface area contributed by atoms with E-state index in [1.54, 1.807) is 12.1 Å². The highest BCUT2D eigenvalue weighted by Gasteiger charge is 2.26. The number of aliphatic hydroxyl groups is 1. The highest BCUT2D eigenvalue weighted by molar-refractivity contribution is 5.99. The largest absolute Gasteiger partial charge is 0.396 e. The topological polar surface area (TPSA) is 83.7 Å². The Morgan fingerprint density at radius 2 is 2.29 bits per heavy atom. The standard InChI is InChI=1S/C15H20N2O4/c1-11(19)14-10-13(6-7-15(14)17(20)21)16-8-2-4-12(16)5-3-9-18/h6-7,10,12,18H,2-5,8-9H2,1H3. The van der Waals surface area contributed by atoms with Crippen LogP contribution >= 0.6 is 0 Å². The molecule has 1 fully saturated rings. The third-order valence-corrected chi connectivity index (χ3v) is 3.96. The fourth-order valence-electron chi connectivity index (χ4n) is 2.95. The van der Waals surface area contributed by atoms with Crippen LogP contribution in [-0.2, 0) is 0 Å². The van der Waals surface area contributed by atoms with E-state index in [0.717, 1.165) is 37.9 Å². The van der Waals surface area contributed by atoms with E-state index in [-0.39, 0.29) is 23.6 Å². The van der Waals surface area contributed by atoms with Crippen molar-refractivity contribution in [2.45, 2.75) is 38.6 Å². The van der Waals surface area contributed by atoms with Gasteiger partial charge in [-0.2, -0.15) is 0 Å². The number of hydrogen-bond donors (Lipinski definition) is 1. The monoisotopic (exact) mass is 292 g/mol. The van der Waals surface area contributed by atoms with E-state index in [2.05, 4.69) is 4.90 Å². The molecule has 6 heteroatoms. The van der Waals surface area contributed by atoms with Gasteiger partial charge in [0.15, 0.2) is 5.78 Å². The zero-order chi connectivity index (χ0) is 15.4. The molecule has 1 N–H and O–H groups in total. The van der Waals surface area contributed by atoms with Gasteiger partial charge in [-0.25, -0.2) is 0 Å². The van der Waals surface area contributed by atoms with Crippen molar-refractivity contribution >= 4 is 17.2 Å². The van der Waals surface area contributed by atoms with Crippen molar-refractivity contribution in [2.75, 3.05) is 18.1 Å². The second-order valence-corrected chi connectivity index (χ2v) is 5.37. The quantitative estimate of drug-likeness (QED) is 0.495. The molecule has 114 valence electrons. The van der Waals surface area contributed by atoms with Crippen LogP contribution in [0, 0.1) is 10.1 Å². The van der Waals surface area contributed by atoms with E-state index in [0.29, 0.717) is 6.04 Å². The molecular weight excluding hydrogens is 272 g/mol. The van der Waals surface area contributed by atoms with Gasteiger partial charge in [0, 0.05) is 30.9 Å². The lowest BCUT2D eigenvalue weighted by atomic mass is 10.1. The van der Waals surface area contributed by atoms with Crippen molar-refractivity contribution in [3.63, 3.8) is 0 Å². The fraction of sp³-hybridized carbons (Fsp3) is 0.533. The summed E-state index contributed by atoms with van der Waals surface area (Å²) in [6.07, 6.45) is 3.74. The number of carbonyl (C=O) groups is 1. The van der Waals surface area contributed by atoms with Crippen LogP contribution in [0.25, 0.3) is 0 Å².